The van der Waals surface area contributed by atoms with Crippen molar-refractivity contribution in [3.8, 4) is 5.69 Å². The highest BCUT2D eigenvalue weighted by molar-refractivity contribution is 7.21. The molecule has 5 nitrogen and oxygen atoms in total. The van der Waals surface area contributed by atoms with Crippen molar-refractivity contribution in [2.45, 2.75) is 6.92 Å². The van der Waals surface area contributed by atoms with Crippen LogP contribution >= 0.6 is 22.9 Å². The number of anilines is 1. The number of aromatic nitrogens is 3. The first-order valence-electron chi connectivity index (χ1n) is 9.01. The van der Waals surface area contributed by atoms with E-state index in [-0.39, 0.29) is 5.91 Å². The number of benzene rings is 3. The molecule has 5 aromatic rings. The molecule has 3 aromatic carbocycles. The lowest BCUT2D eigenvalue weighted by molar-refractivity contribution is 0.103. The highest BCUT2D eigenvalue weighted by Gasteiger charge is 2.18. The van der Waals surface area contributed by atoms with Gasteiger partial charge in [-0.2, -0.15) is 4.80 Å². The van der Waals surface area contributed by atoms with Gasteiger partial charge in [0.2, 0.25) is 0 Å². The standard InChI is InChI=1S/C22H15ClN4OS/c1-13-11-17-18(26-27(25-17)14-7-3-2-4-8-14)12-16(13)24-22(28)21-20(23)15-9-5-6-10-19(15)29-21/h2-12H,1H3,(H,24,28). The Morgan fingerprint density at radius 3 is 2.45 bits per heavy atom. The van der Waals surface area contributed by atoms with Crippen LogP contribution in [0.3, 0.4) is 0 Å². The molecule has 0 saturated heterocycles. The molecular weight excluding hydrogens is 404 g/mol. The van der Waals surface area contributed by atoms with E-state index in [9.17, 15) is 4.79 Å². The SMILES string of the molecule is Cc1cc2nn(-c3ccccc3)nc2cc1NC(=O)c1sc2ccccc2c1Cl. The summed E-state index contributed by atoms with van der Waals surface area (Å²) in [7, 11) is 0. The first-order valence-corrected chi connectivity index (χ1v) is 10.2. The third-order valence-corrected chi connectivity index (χ3v) is 6.38. The number of nitrogens with zero attached hydrogens (tertiary/aromatic N) is 3. The Morgan fingerprint density at radius 1 is 1.00 bits per heavy atom. The van der Waals surface area contributed by atoms with E-state index in [1.54, 1.807) is 4.80 Å². The third kappa shape index (κ3) is 3.16. The molecule has 142 valence electrons. The topological polar surface area (TPSA) is 59.8 Å². The van der Waals surface area contributed by atoms with E-state index in [4.69, 9.17) is 11.6 Å². The number of amides is 1. The van der Waals surface area contributed by atoms with Crippen LogP contribution in [-0.2, 0) is 0 Å². The number of carbonyl (C=O) groups excluding carboxylic acids is 1. The molecule has 5 rings (SSSR count). The molecule has 7 heteroatoms. The molecule has 0 saturated carbocycles. The van der Waals surface area contributed by atoms with Crippen molar-refractivity contribution in [2.24, 2.45) is 0 Å². The molecule has 0 atom stereocenters. The number of para-hydroxylation sites is 1. The fraction of sp³-hybridized carbons (Fsp3) is 0.0455. The molecule has 1 amide bonds. The largest absolute Gasteiger partial charge is 0.321 e. The lowest BCUT2D eigenvalue weighted by Crippen LogP contribution is -2.11. The van der Waals surface area contributed by atoms with Gasteiger partial charge in [0.25, 0.3) is 5.91 Å². The van der Waals surface area contributed by atoms with Gasteiger partial charge in [0.1, 0.15) is 15.9 Å². The minimum atomic E-state index is -0.228. The summed E-state index contributed by atoms with van der Waals surface area (Å²) in [4.78, 5) is 15.0. The predicted octanol–water partition coefficient (Wildman–Crippen LogP) is 5.85. The summed E-state index contributed by atoms with van der Waals surface area (Å²) in [6.07, 6.45) is 0. The number of hydrogen-bond acceptors (Lipinski definition) is 4. The summed E-state index contributed by atoms with van der Waals surface area (Å²) >= 11 is 7.83. The lowest BCUT2D eigenvalue weighted by atomic mass is 10.1. The number of rotatable bonds is 3. The van der Waals surface area contributed by atoms with Crippen LogP contribution in [0, 0.1) is 6.92 Å². The Bertz CT molecular complexity index is 1370. The van der Waals surface area contributed by atoms with Gasteiger partial charge in [-0.15, -0.1) is 21.5 Å². The minimum Gasteiger partial charge on any atom is -0.321 e. The van der Waals surface area contributed by atoms with Gasteiger partial charge < -0.3 is 5.32 Å². The Hall–Kier alpha value is -3.22. The molecule has 1 N–H and O–H groups in total. The maximum Gasteiger partial charge on any atom is 0.267 e. The van der Waals surface area contributed by atoms with Crippen molar-refractivity contribution in [3.05, 3.63) is 82.2 Å². The molecule has 0 unspecified atom stereocenters. The second-order valence-electron chi connectivity index (χ2n) is 6.68. The summed E-state index contributed by atoms with van der Waals surface area (Å²) in [6, 6.07) is 21.2. The van der Waals surface area contributed by atoms with Crippen LogP contribution < -0.4 is 5.32 Å². The Balaban J connectivity index is 1.50. The van der Waals surface area contributed by atoms with Crippen LogP contribution in [0.2, 0.25) is 5.02 Å². The Kier molecular flexibility index (Phi) is 4.30. The molecule has 0 bridgehead atoms. The second-order valence-corrected chi connectivity index (χ2v) is 8.11. The minimum absolute atomic E-state index is 0.228. The van der Waals surface area contributed by atoms with Gasteiger partial charge in [0, 0.05) is 15.8 Å². The maximum absolute atomic E-state index is 12.9. The number of thiophene rings is 1. The molecule has 0 radical (unpaired) electrons. The van der Waals surface area contributed by atoms with Crippen LogP contribution in [0.4, 0.5) is 5.69 Å². The Labute approximate surface area is 175 Å². The number of nitrogens with one attached hydrogen (secondary N) is 1. The number of fused-ring (bicyclic) bond motifs is 2. The van der Waals surface area contributed by atoms with Crippen molar-refractivity contribution < 1.29 is 4.79 Å². The van der Waals surface area contributed by atoms with Crippen LogP contribution in [-0.4, -0.2) is 20.9 Å². The fourth-order valence-corrected chi connectivity index (χ4v) is 4.63. The first-order chi connectivity index (χ1) is 14.1. The van der Waals surface area contributed by atoms with Gasteiger partial charge in [0.15, 0.2) is 0 Å². The van der Waals surface area contributed by atoms with E-state index in [2.05, 4.69) is 15.5 Å². The van der Waals surface area contributed by atoms with Gasteiger partial charge in [0.05, 0.1) is 10.7 Å². The van der Waals surface area contributed by atoms with Crippen molar-refractivity contribution in [1.29, 1.82) is 0 Å². The van der Waals surface area contributed by atoms with Gasteiger partial charge in [-0.25, -0.2) is 0 Å². The molecule has 0 aliphatic rings. The van der Waals surface area contributed by atoms with Crippen LogP contribution in [0.5, 0.6) is 0 Å². The van der Waals surface area contributed by atoms with Crippen molar-refractivity contribution >= 4 is 55.7 Å². The number of hydrogen-bond donors (Lipinski definition) is 1. The van der Waals surface area contributed by atoms with Crippen LogP contribution in [0.1, 0.15) is 15.2 Å². The molecule has 0 aliphatic carbocycles. The van der Waals surface area contributed by atoms with E-state index < -0.39 is 0 Å². The summed E-state index contributed by atoms with van der Waals surface area (Å²) in [6.45, 7) is 1.93. The highest BCUT2D eigenvalue weighted by atomic mass is 35.5. The fourth-order valence-electron chi connectivity index (χ4n) is 3.22. The predicted molar refractivity (Wildman–Crippen MR) is 118 cm³/mol. The van der Waals surface area contributed by atoms with Crippen molar-refractivity contribution in [2.75, 3.05) is 5.32 Å². The van der Waals surface area contributed by atoms with Gasteiger partial charge >= 0.3 is 0 Å². The van der Waals surface area contributed by atoms with Gasteiger partial charge in [-0.1, -0.05) is 48.0 Å². The van der Waals surface area contributed by atoms with Crippen molar-refractivity contribution in [1.82, 2.24) is 15.0 Å². The van der Waals surface area contributed by atoms with E-state index in [0.717, 1.165) is 26.9 Å². The smallest absolute Gasteiger partial charge is 0.267 e. The highest BCUT2D eigenvalue weighted by Crippen LogP contribution is 2.35. The molecule has 2 heterocycles. The molecular formula is C22H15ClN4OS. The maximum atomic E-state index is 12.9. The number of aryl methyl sites for hydroxylation is 1. The van der Waals surface area contributed by atoms with E-state index in [0.29, 0.717) is 21.1 Å². The second kappa shape index (κ2) is 6.99. The monoisotopic (exact) mass is 418 g/mol. The van der Waals surface area contributed by atoms with Crippen LogP contribution in [0.15, 0.2) is 66.7 Å². The molecule has 2 aromatic heterocycles. The van der Waals surface area contributed by atoms with E-state index in [1.807, 2.05) is 73.7 Å². The normalized spacial score (nSPS) is 11.2. The van der Waals surface area contributed by atoms with Crippen LogP contribution in [0.25, 0.3) is 26.8 Å². The van der Waals surface area contributed by atoms with E-state index in [1.165, 1.54) is 11.3 Å². The third-order valence-electron chi connectivity index (χ3n) is 4.70. The molecule has 0 fully saturated rings. The van der Waals surface area contributed by atoms with Gasteiger partial charge in [-0.3, -0.25) is 4.79 Å². The molecule has 0 aliphatic heterocycles. The average molecular weight is 419 g/mol. The zero-order chi connectivity index (χ0) is 20.0. The number of halogens is 1. The van der Waals surface area contributed by atoms with Crippen molar-refractivity contribution in [3.63, 3.8) is 0 Å². The Morgan fingerprint density at radius 2 is 1.69 bits per heavy atom. The lowest BCUT2D eigenvalue weighted by Gasteiger charge is -2.07. The average Bonchev–Trinajstić information content (AvgIpc) is 3.30. The zero-order valence-corrected chi connectivity index (χ0v) is 17.0. The zero-order valence-electron chi connectivity index (χ0n) is 15.4. The number of carbonyl (C=O) groups is 1. The quantitative estimate of drug-likeness (QED) is 0.400. The molecule has 29 heavy (non-hydrogen) atoms. The van der Waals surface area contributed by atoms with Gasteiger partial charge in [-0.05, 0) is 42.8 Å². The summed E-state index contributed by atoms with van der Waals surface area (Å²) in [5, 5.41) is 13.4. The summed E-state index contributed by atoms with van der Waals surface area (Å²) < 4.78 is 0.987. The summed E-state index contributed by atoms with van der Waals surface area (Å²) in [5.41, 5.74) is 3.95. The summed E-state index contributed by atoms with van der Waals surface area (Å²) in [5.74, 6) is -0.228. The van der Waals surface area contributed by atoms with E-state index >= 15 is 0 Å². The molecule has 0 spiro atoms. The first kappa shape index (κ1) is 17.8.